The van der Waals surface area contributed by atoms with Crippen LogP contribution in [0.2, 0.25) is 0 Å². The molecule has 0 aliphatic heterocycles. The predicted molar refractivity (Wildman–Crippen MR) is 87.4 cm³/mol. The summed E-state index contributed by atoms with van der Waals surface area (Å²) in [4.78, 5) is 24.3. The summed E-state index contributed by atoms with van der Waals surface area (Å²) in [5.74, 6) is -0.190. The van der Waals surface area contributed by atoms with Gasteiger partial charge in [0, 0.05) is 49.7 Å². The molecule has 0 unspecified atom stereocenters. The second kappa shape index (κ2) is 8.26. The average Bonchev–Trinajstić information content (AvgIpc) is 2.49. The second-order valence-electron chi connectivity index (χ2n) is 5.43. The van der Waals surface area contributed by atoms with Gasteiger partial charge in [0.05, 0.1) is 4.92 Å². The van der Waals surface area contributed by atoms with Gasteiger partial charge in [-0.15, -0.1) is 0 Å². The predicted octanol–water partition coefficient (Wildman–Crippen LogP) is -1.10. The van der Waals surface area contributed by atoms with E-state index < -0.39 is 4.92 Å². The first-order valence-corrected chi connectivity index (χ1v) is 7.08. The van der Waals surface area contributed by atoms with Gasteiger partial charge in [-0.2, -0.15) is 4.57 Å². The lowest BCUT2D eigenvalue weighted by Crippen LogP contribution is -3.00. The fourth-order valence-corrected chi connectivity index (χ4v) is 2.11. The van der Waals surface area contributed by atoms with E-state index in [9.17, 15) is 14.9 Å². The molecule has 0 bridgehead atoms. The number of nitrogens with one attached hydrogen (secondary N) is 1. The largest absolute Gasteiger partial charge is 1.00 e. The second-order valence-corrected chi connectivity index (χ2v) is 5.43. The Morgan fingerprint density at radius 2 is 1.88 bits per heavy atom. The SMILES string of the molecule is Cc1cc([N+](=O)[O-])ccc1NC(=O)C[n+]1ccc(N(C)C)cc1.[Cl-]. The van der Waals surface area contributed by atoms with Crippen LogP contribution in [-0.4, -0.2) is 24.9 Å². The number of aryl methyl sites for hydroxylation is 1. The number of benzene rings is 1. The zero-order chi connectivity index (χ0) is 17.0. The summed E-state index contributed by atoms with van der Waals surface area (Å²) < 4.78 is 1.77. The van der Waals surface area contributed by atoms with Gasteiger partial charge in [0.15, 0.2) is 12.4 Å². The van der Waals surface area contributed by atoms with Crippen LogP contribution in [0.1, 0.15) is 5.56 Å². The molecule has 0 aliphatic carbocycles. The number of hydrogen-bond acceptors (Lipinski definition) is 4. The van der Waals surface area contributed by atoms with Crippen LogP contribution >= 0.6 is 0 Å². The number of amides is 1. The molecule has 0 fully saturated rings. The number of nitro groups is 1. The van der Waals surface area contributed by atoms with E-state index in [0.717, 1.165) is 5.69 Å². The first-order chi connectivity index (χ1) is 10.9. The third-order valence-electron chi connectivity index (χ3n) is 3.41. The van der Waals surface area contributed by atoms with Crippen LogP contribution in [0.15, 0.2) is 42.7 Å². The minimum absolute atomic E-state index is 0. The third-order valence-corrected chi connectivity index (χ3v) is 3.41. The van der Waals surface area contributed by atoms with Crippen molar-refractivity contribution in [2.24, 2.45) is 0 Å². The summed E-state index contributed by atoms with van der Waals surface area (Å²) in [7, 11) is 3.90. The van der Waals surface area contributed by atoms with Crippen molar-refractivity contribution in [2.75, 3.05) is 24.3 Å². The Morgan fingerprint density at radius 1 is 1.25 bits per heavy atom. The van der Waals surface area contributed by atoms with Gasteiger partial charge >= 0.3 is 0 Å². The minimum Gasteiger partial charge on any atom is -1.00 e. The maximum absolute atomic E-state index is 12.1. The standard InChI is InChI=1S/C16H18N4O3.ClH/c1-12-10-14(20(22)23)4-5-15(12)17-16(21)11-19-8-6-13(7-9-19)18(2)3;/h4-10H,11H2,1-3H3;1H. The molecule has 24 heavy (non-hydrogen) atoms. The van der Waals surface area contributed by atoms with E-state index in [1.807, 2.05) is 43.5 Å². The van der Waals surface area contributed by atoms with Crippen molar-refractivity contribution < 1.29 is 26.7 Å². The van der Waals surface area contributed by atoms with Crippen LogP contribution in [0.25, 0.3) is 0 Å². The van der Waals surface area contributed by atoms with Crippen LogP contribution in [0.5, 0.6) is 0 Å². The molecule has 0 saturated heterocycles. The van der Waals surface area contributed by atoms with Gasteiger partial charge in [0.25, 0.3) is 11.6 Å². The van der Waals surface area contributed by atoms with E-state index in [4.69, 9.17) is 0 Å². The summed E-state index contributed by atoms with van der Waals surface area (Å²) >= 11 is 0. The Kier molecular flexibility index (Phi) is 6.67. The van der Waals surface area contributed by atoms with E-state index in [0.29, 0.717) is 11.3 Å². The Hall–Kier alpha value is -2.67. The summed E-state index contributed by atoms with van der Waals surface area (Å²) in [6.45, 7) is 1.89. The fraction of sp³-hybridized carbons (Fsp3) is 0.250. The van der Waals surface area contributed by atoms with Crippen molar-refractivity contribution in [3.05, 3.63) is 58.4 Å². The van der Waals surface area contributed by atoms with Crippen molar-refractivity contribution in [1.82, 2.24) is 0 Å². The number of carbonyl (C=O) groups excluding carboxylic acids is 1. The molecule has 1 heterocycles. The Bertz CT molecular complexity index is 733. The van der Waals surface area contributed by atoms with Crippen LogP contribution in [-0.2, 0) is 11.3 Å². The molecule has 128 valence electrons. The molecular weight excluding hydrogens is 332 g/mol. The fourth-order valence-electron chi connectivity index (χ4n) is 2.11. The van der Waals surface area contributed by atoms with Crippen LogP contribution < -0.4 is 27.2 Å². The lowest BCUT2D eigenvalue weighted by atomic mass is 10.2. The monoisotopic (exact) mass is 350 g/mol. The topological polar surface area (TPSA) is 79.4 Å². The molecule has 0 aliphatic rings. The van der Waals surface area contributed by atoms with E-state index in [1.165, 1.54) is 12.1 Å². The van der Waals surface area contributed by atoms with E-state index in [-0.39, 0.29) is 30.5 Å². The van der Waals surface area contributed by atoms with Crippen molar-refractivity contribution in [1.29, 1.82) is 0 Å². The molecule has 7 nitrogen and oxygen atoms in total. The van der Waals surface area contributed by atoms with E-state index in [1.54, 1.807) is 17.6 Å². The molecular formula is C16H19ClN4O3. The average molecular weight is 351 g/mol. The summed E-state index contributed by atoms with van der Waals surface area (Å²) in [5.41, 5.74) is 2.29. The third kappa shape index (κ3) is 4.92. The van der Waals surface area contributed by atoms with Crippen LogP contribution in [0.4, 0.5) is 17.1 Å². The quantitative estimate of drug-likeness (QED) is 0.422. The normalized spacial score (nSPS) is 9.79. The number of non-ortho nitro benzene ring substituents is 1. The number of anilines is 2. The van der Waals surface area contributed by atoms with Crippen molar-refractivity contribution >= 4 is 23.0 Å². The minimum atomic E-state index is -0.458. The number of hydrogen-bond donors (Lipinski definition) is 1. The number of carbonyl (C=O) groups is 1. The number of aromatic nitrogens is 1. The lowest BCUT2D eigenvalue weighted by molar-refractivity contribution is -0.684. The smallest absolute Gasteiger partial charge is 0.290 e. The van der Waals surface area contributed by atoms with Gasteiger partial charge in [0.2, 0.25) is 6.54 Å². The number of halogens is 1. The Labute approximate surface area is 146 Å². The summed E-state index contributed by atoms with van der Waals surface area (Å²) in [6, 6.07) is 8.20. The van der Waals surface area contributed by atoms with Crippen LogP contribution in [0, 0.1) is 17.0 Å². The highest BCUT2D eigenvalue weighted by atomic mass is 35.5. The Morgan fingerprint density at radius 3 is 2.38 bits per heavy atom. The molecule has 2 aromatic rings. The van der Waals surface area contributed by atoms with E-state index in [2.05, 4.69) is 5.32 Å². The zero-order valence-electron chi connectivity index (χ0n) is 13.7. The maximum atomic E-state index is 12.1. The number of rotatable bonds is 5. The van der Waals surface area contributed by atoms with Crippen molar-refractivity contribution in [3.8, 4) is 0 Å². The molecule has 8 heteroatoms. The Balaban J connectivity index is 0.00000288. The molecule has 1 aromatic heterocycles. The molecule has 1 aromatic carbocycles. The summed E-state index contributed by atoms with van der Waals surface area (Å²) in [6.07, 6.45) is 3.66. The first kappa shape index (κ1) is 19.4. The van der Waals surface area contributed by atoms with Gasteiger partial charge < -0.3 is 22.6 Å². The molecule has 1 N–H and O–H groups in total. The zero-order valence-corrected chi connectivity index (χ0v) is 14.4. The van der Waals surface area contributed by atoms with Gasteiger partial charge in [-0.1, -0.05) is 0 Å². The first-order valence-electron chi connectivity index (χ1n) is 7.08. The number of nitrogens with zero attached hydrogens (tertiary/aromatic N) is 3. The molecule has 2 rings (SSSR count). The number of pyridine rings is 1. The van der Waals surface area contributed by atoms with Gasteiger partial charge in [-0.05, 0) is 18.6 Å². The van der Waals surface area contributed by atoms with Gasteiger partial charge in [-0.3, -0.25) is 14.9 Å². The molecule has 0 saturated carbocycles. The highest BCUT2D eigenvalue weighted by Crippen LogP contribution is 2.21. The lowest BCUT2D eigenvalue weighted by Gasteiger charge is -2.10. The van der Waals surface area contributed by atoms with Gasteiger partial charge in [0.1, 0.15) is 0 Å². The molecule has 0 spiro atoms. The number of nitro benzene ring substituents is 1. The molecule has 0 atom stereocenters. The molecule has 0 radical (unpaired) electrons. The molecule has 1 amide bonds. The highest BCUT2D eigenvalue weighted by molar-refractivity contribution is 5.90. The van der Waals surface area contributed by atoms with Crippen molar-refractivity contribution in [2.45, 2.75) is 13.5 Å². The maximum Gasteiger partial charge on any atom is 0.290 e. The van der Waals surface area contributed by atoms with Gasteiger partial charge in [-0.25, -0.2) is 0 Å². The van der Waals surface area contributed by atoms with E-state index >= 15 is 0 Å². The van der Waals surface area contributed by atoms with Crippen molar-refractivity contribution in [3.63, 3.8) is 0 Å². The van der Waals surface area contributed by atoms with Crippen LogP contribution in [0.3, 0.4) is 0 Å². The highest BCUT2D eigenvalue weighted by Gasteiger charge is 2.13. The summed E-state index contributed by atoms with van der Waals surface area (Å²) in [5, 5.41) is 13.5.